The zero-order valence-electron chi connectivity index (χ0n) is 9.86. The summed E-state index contributed by atoms with van der Waals surface area (Å²) >= 11 is 4.19. The van der Waals surface area contributed by atoms with Crippen LogP contribution in [0, 0.1) is 17.7 Å². The Morgan fingerprint density at radius 2 is 1.82 bits per heavy atom. The number of halogens is 2. The van der Waals surface area contributed by atoms with Gasteiger partial charge in [0.1, 0.15) is 5.82 Å². The van der Waals surface area contributed by atoms with Crippen LogP contribution in [0.4, 0.5) is 9.18 Å². The zero-order chi connectivity index (χ0) is 13.0. The summed E-state index contributed by atoms with van der Waals surface area (Å²) in [6.45, 7) is 4.56. The van der Waals surface area contributed by atoms with Gasteiger partial charge in [0, 0.05) is 11.6 Å². The first kappa shape index (κ1) is 14.0. The zero-order valence-corrected chi connectivity index (χ0v) is 10.6. The number of hydrogen-bond donors (Lipinski definition) is 1. The molecule has 1 fully saturated rings. The van der Waals surface area contributed by atoms with Gasteiger partial charge in [-0.3, -0.25) is 0 Å². The smallest absolute Gasteiger partial charge is 0.401 e. The normalized spacial score (nSPS) is 26.5. The van der Waals surface area contributed by atoms with Gasteiger partial charge in [0.05, 0.1) is 0 Å². The highest BCUT2D eigenvalue weighted by atomic mass is 35.5. The Labute approximate surface area is 105 Å². The van der Waals surface area contributed by atoms with Crippen molar-refractivity contribution in [1.29, 1.82) is 0 Å². The molecule has 0 aliphatic heterocycles. The van der Waals surface area contributed by atoms with Crippen LogP contribution in [-0.4, -0.2) is 10.5 Å². The van der Waals surface area contributed by atoms with E-state index in [1.807, 2.05) is 12.1 Å². The molecule has 1 aromatic carbocycles. The number of rotatable bonds is 1. The average molecular weight is 259 g/mol. The van der Waals surface area contributed by atoms with E-state index < -0.39 is 5.43 Å². The van der Waals surface area contributed by atoms with Gasteiger partial charge in [0.2, 0.25) is 0 Å². The van der Waals surface area contributed by atoms with Gasteiger partial charge in [-0.1, -0.05) is 26.0 Å². The van der Waals surface area contributed by atoms with Crippen LogP contribution >= 0.6 is 11.6 Å². The van der Waals surface area contributed by atoms with Crippen LogP contribution in [0.15, 0.2) is 24.3 Å². The van der Waals surface area contributed by atoms with Crippen molar-refractivity contribution < 1.29 is 14.3 Å². The number of benzene rings is 1. The quantitative estimate of drug-likeness (QED) is 0.754. The minimum Gasteiger partial charge on any atom is -0.469 e. The molecular weight excluding hydrogens is 243 g/mol. The van der Waals surface area contributed by atoms with Gasteiger partial charge >= 0.3 is 5.43 Å². The van der Waals surface area contributed by atoms with E-state index >= 15 is 0 Å². The fraction of sp³-hybridized carbons (Fsp3) is 0.462. The van der Waals surface area contributed by atoms with Crippen LogP contribution < -0.4 is 0 Å². The van der Waals surface area contributed by atoms with E-state index in [4.69, 9.17) is 9.90 Å². The summed E-state index contributed by atoms with van der Waals surface area (Å²) < 4.78 is 12.6. The second-order valence-corrected chi connectivity index (χ2v) is 4.81. The first-order valence-corrected chi connectivity index (χ1v) is 5.93. The lowest BCUT2D eigenvalue weighted by molar-refractivity contribution is 0.169. The number of hydrogen-bond acceptors (Lipinski definition) is 1. The molecule has 1 N–H and O–H groups in total. The molecule has 0 bridgehead atoms. The minimum atomic E-state index is -1.36. The van der Waals surface area contributed by atoms with Crippen molar-refractivity contribution in [2.75, 3.05) is 0 Å². The summed E-state index contributed by atoms with van der Waals surface area (Å²) in [7, 11) is 0. The Bertz CT molecular complexity index is 374. The molecule has 4 heteroatoms. The Morgan fingerprint density at radius 1 is 1.35 bits per heavy atom. The summed E-state index contributed by atoms with van der Waals surface area (Å²) in [4.78, 5) is 8.77. The van der Waals surface area contributed by atoms with Gasteiger partial charge in [0.25, 0.3) is 0 Å². The third kappa shape index (κ3) is 4.00. The summed E-state index contributed by atoms with van der Waals surface area (Å²) in [6, 6.07) is 6.96. The maximum Gasteiger partial charge on any atom is 0.401 e. The molecule has 94 valence electrons. The highest BCUT2D eigenvalue weighted by Gasteiger charge is 2.34. The molecule has 17 heavy (non-hydrogen) atoms. The largest absolute Gasteiger partial charge is 0.469 e. The van der Waals surface area contributed by atoms with E-state index in [0.717, 1.165) is 11.8 Å². The lowest BCUT2D eigenvalue weighted by Gasteiger charge is -2.41. The molecule has 2 nitrogen and oxygen atoms in total. The molecule has 0 amide bonds. The summed E-state index contributed by atoms with van der Waals surface area (Å²) in [5.41, 5.74) is -0.0630. The molecule has 0 radical (unpaired) electrons. The average Bonchev–Trinajstić information content (AvgIpc) is 2.26. The fourth-order valence-electron chi connectivity index (χ4n) is 2.18. The number of carboxylic acid groups (broad SMARTS) is 1. The lowest BCUT2D eigenvalue weighted by Crippen LogP contribution is -2.30. The van der Waals surface area contributed by atoms with Crippen LogP contribution in [0.5, 0.6) is 0 Å². The lowest BCUT2D eigenvalue weighted by atomic mass is 9.64. The molecule has 3 atom stereocenters. The fourth-order valence-corrected chi connectivity index (χ4v) is 2.18. The predicted molar refractivity (Wildman–Crippen MR) is 66.0 cm³/mol. The molecule has 1 aliphatic carbocycles. The molecule has 3 unspecified atom stereocenters. The van der Waals surface area contributed by atoms with Gasteiger partial charge in [0.15, 0.2) is 0 Å². The van der Waals surface area contributed by atoms with Crippen LogP contribution in [0.3, 0.4) is 0 Å². The Hall–Kier alpha value is -1.09. The van der Waals surface area contributed by atoms with Gasteiger partial charge in [-0.15, -0.1) is 0 Å². The van der Waals surface area contributed by atoms with Crippen molar-refractivity contribution in [3.63, 3.8) is 0 Å². The third-order valence-corrected chi connectivity index (χ3v) is 3.46. The van der Waals surface area contributed by atoms with E-state index in [-0.39, 0.29) is 5.82 Å². The van der Waals surface area contributed by atoms with Gasteiger partial charge < -0.3 is 5.11 Å². The number of carbonyl (C=O) groups is 1. The second kappa shape index (κ2) is 6.01. The highest BCUT2D eigenvalue weighted by molar-refractivity contribution is 6.60. The molecule has 0 saturated heterocycles. The van der Waals surface area contributed by atoms with E-state index in [1.54, 1.807) is 12.1 Å². The molecule has 1 saturated carbocycles. The predicted octanol–water partition coefficient (Wildman–Crippen LogP) is 4.49. The third-order valence-electron chi connectivity index (χ3n) is 3.46. The molecule has 0 spiro atoms. The molecule has 0 heterocycles. The standard InChI is InChI=1S/C12H15F.CHClO2/c1-8-7-12(9(8)2)10-3-5-11(13)6-4-10;2-1(3)4/h3-6,8-9,12H,7H2,1-2H3;(H,3,4). The molecular formula is C13H16ClFO2. The maximum absolute atomic E-state index is 12.6. The summed E-state index contributed by atoms with van der Waals surface area (Å²) in [5, 5.41) is 7.18. The second-order valence-electron chi connectivity index (χ2n) is 4.48. The SMILES string of the molecule is CC1CC(c2ccc(F)cc2)C1C.O=C(O)Cl. The Kier molecular flexibility index (Phi) is 4.94. The Balaban J connectivity index is 0.000000317. The maximum atomic E-state index is 12.6. The van der Waals surface area contributed by atoms with Crippen LogP contribution in [0.1, 0.15) is 31.7 Å². The van der Waals surface area contributed by atoms with Crippen molar-refractivity contribution in [1.82, 2.24) is 0 Å². The first-order valence-electron chi connectivity index (χ1n) is 5.55. The van der Waals surface area contributed by atoms with Gasteiger partial charge in [-0.05, 0) is 41.9 Å². The molecule has 1 aliphatic rings. The van der Waals surface area contributed by atoms with Crippen LogP contribution in [-0.2, 0) is 0 Å². The van der Waals surface area contributed by atoms with Crippen molar-refractivity contribution in [3.05, 3.63) is 35.6 Å². The van der Waals surface area contributed by atoms with Crippen molar-refractivity contribution in [2.45, 2.75) is 26.2 Å². The van der Waals surface area contributed by atoms with Crippen molar-refractivity contribution in [3.8, 4) is 0 Å². The van der Waals surface area contributed by atoms with Crippen molar-refractivity contribution in [2.24, 2.45) is 11.8 Å². The summed E-state index contributed by atoms with van der Waals surface area (Å²) in [6.07, 6.45) is 1.26. The van der Waals surface area contributed by atoms with Crippen LogP contribution in [0.2, 0.25) is 0 Å². The topological polar surface area (TPSA) is 37.3 Å². The minimum absolute atomic E-state index is 0.135. The van der Waals surface area contributed by atoms with E-state index in [0.29, 0.717) is 5.92 Å². The van der Waals surface area contributed by atoms with E-state index in [2.05, 4.69) is 25.4 Å². The molecule has 0 aromatic heterocycles. The van der Waals surface area contributed by atoms with Gasteiger partial charge in [-0.2, -0.15) is 0 Å². The highest BCUT2D eigenvalue weighted by Crippen LogP contribution is 2.46. The molecule has 2 rings (SSSR count). The van der Waals surface area contributed by atoms with Crippen LogP contribution in [0.25, 0.3) is 0 Å². The Morgan fingerprint density at radius 3 is 2.18 bits per heavy atom. The summed E-state index contributed by atoms with van der Waals surface area (Å²) in [5.74, 6) is 2.11. The first-order chi connectivity index (χ1) is 7.91. The van der Waals surface area contributed by atoms with Gasteiger partial charge in [-0.25, -0.2) is 9.18 Å². The van der Waals surface area contributed by atoms with E-state index in [9.17, 15) is 4.39 Å². The van der Waals surface area contributed by atoms with Crippen molar-refractivity contribution >= 4 is 17.0 Å². The monoisotopic (exact) mass is 258 g/mol. The van der Waals surface area contributed by atoms with E-state index in [1.165, 1.54) is 12.0 Å². The molecule has 1 aromatic rings.